The molecule has 0 spiro atoms. The highest BCUT2D eigenvalue weighted by molar-refractivity contribution is 7.99. The Bertz CT molecular complexity index is 641. The summed E-state index contributed by atoms with van der Waals surface area (Å²) in [5.41, 5.74) is 7.79. The fourth-order valence-corrected chi connectivity index (χ4v) is 4.73. The molecule has 112 valence electrons. The van der Waals surface area contributed by atoms with E-state index in [9.17, 15) is 0 Å². The molecule has 6 heteroatoms. The number of anilines is 1. The van der Waals surface area contributed by atoms with Gasteiger partial charge in [0.15, 0.2) is 16.6 Å². The number of imidazole rings is 1. The summed E-state index contributed by atoms with van der Waals surface area (Å²) in [6, 6.07) is 0.536. The molecule has 2 aliphatic carbocycles. The van der Waals surface area contributed by atoms with E-state index >= 15 is 0 Å². The standard InChI is InChI=1S/C15H21N5S/c16-13-12-14(20(9-17-12)10-5-1-2-6-10)19-15(18-13)21-11-7-3-4-8-11/h9-11H,1-8H2,(H2,16,18,19). The van der Waals surface area contributed by atoms with Crippen LogP contribution in [-0.4, -0.2) is 24.8 Å². The number of hydrogen-bond donors (Lipinski definition) is 1. The van der Waals surface area contributed by atoms with Crippen molar-refractivity contribution in [2.45, 2.75) is 67.8 Å². The number of hydrogen-bond acceptors (Lipinski definition) is 5. The first-order valence-corrected chi connectivity index (χ1v) is 8.86. The monoisotopic (exact) mass is 303 g/mol. The third kappa shape index (κ3) is 2.50. The van der Waals surface area contributed by atoms with Crippen LogP contribution < -0.4 is 5.73 Å². The SMILES string of the molecule is Nc1nc(SC2CCCC2)nc2c1ncn2C1CCCC1. The lowest BCUT2D eigenvalue weighted by Gasteiger charge is -2.12. The Morgan fingerprint density at radius 1 is 1.05 bits per heavy atom. The van der Waals surface area contributed by atoms with Crippen molar-refractivity contribution >= 4 is 28.7 Å². The lowest BCUT2D eigenvalue weighted by Crippen LogP contribution is -2.06. The van der Waals surface area contributed by atoms with Gasteiger partial charge >= 0.3 is 0 Å². The topological polar surface area (TPSA) is 69.6 Å². The van der Waals surface area contributed by atoms with Crippen LogP contribution in [0.3, 0.4) is 0 Å². The third-order valence-corrected chi connectivity index (χ3v) is 5.92. The lowest BCUT2D eigenvalue weighted by atomic mass is 10.2. The predicted molar refractivity (Wildman–Crippen MR) is 85.4 cm³/mol. The molecule has 5 nitrogen and oxygen atoms in total. The maximum Gasteiger partial charge on any atom is 0.191 e. The number of aromatic nitrogens is 4. The van der Waals surface area contributed by atoms with Crippen LogP contribution in [0, 0.1) is 0 Å². The molecule has 2 heterocycles. The first kappa shape index (κ1) is 13.4. The van der Waals surface area contributed by atoms with Crippen molar-refractivity contribution in [3.63, 3.8) is 0 Å². The maximum atomic E-state index is 6.10. The molecular weight excluding hydrogens is 282 g/mol. The van der Waals surface area contributed by atoms with E-state index in [1.165, 1.54) is 51.4 Å². The zero-order chi connectivity index (χ0) is 14.2. The number of nitrogen functional groups attached to an aromatic ring is 1. The van der Waals surface area contributed by atoms with Gasteiger partial charge in [-0.1, -0.05) is 37.4 Å². The highest BCUT2D eigenvalue weighted by Crippen LogP contribution is 2.36. The van der Waals surface area contributed by atoms with E-state index in [-0.39, 0.29) is 0 Å². The average molecular weight is 303 g/mol. The van der Waals surface area contributed by atoms with Gasteiger partial charge in [0.2, 0.25) is 0 Å². The largest absolute Gasteiger partial charge is 0.382 e. The lowest BCUT2D eigenvalue weighted by molar-refractivity contribution is 0.528. The van der Waals surface area contributed by atoms with Crippen molar-refractivity contribution in [1.82, 2.24) is 19.5 Å². The van der Waals surface area contributed by atoms with E-state index in [0.717, 1.165) is 16.3 Å². The molecule has 0 amide bonds. The number of fused-ring (bicyclic) bond motifs is 1. The molecule has 0 unspecified atom stereocenters. The van der Waals surface area contributed by atoms with Crippen molar-refractivity contribution in [2.75, 3.05) is 5.73 Å². The summed E-state index contributed by atoms with van der Waals surface area (Å²) in [5.74, 6) is 0.525. The van der Waals surface area contributed by atoms with Crippen molar-refractivity contribution in [3.05, 3.63) is 6.33 Å². The van der Waals surface area contributed by atoms with Gasteiger partial charge < -0.3 is 10.3 Å². The Kier molecular flexibility index (Phi) is 3.49. The number of nitrogens with two attached hydrogens (primary N) is 1. The Balaban J connectivity index is 1.70. The molecule has 2 N–H and O–H groups in total. The smallest absolute Gasteiger partial charge is 0.191 e. The second-order valence-corrected chi connectivity index (χ2v) is 7.45. The zero-order valence-electron chi connectivity index (χ0n) is 12.2. The Morgan fingerprint density at radius 2 is 1.76 bits per heavy atom. The van der Waals surface area contributed by atoms with E-state index in [4.69, 9.17) is 10.7 Å². The van der Waals surface area contributed by atoms with Crippen LogP contribution in [0.25, 0.3) is 11.2 Å². The third-order valence-electron chi connectivity index (χ3n) is 4.72. The summed E-state index contributed by atoms with van der Waals surface area (Å²) in [6.45, 7) is 0. The van der Waals surface area contributed by atoms with Crippen LogP contribution in [0.2, 0.25) is 0 Å². The summed E-state index contributed by atoms with van der Waals surface area (Å²) in [4.78, 5) is 13.7. The molecule has 2 fully saturated rings. The first-order valence-electron chi connectivity index (χ1n) is 7.98. The highest BCUT2D eigenvalue weighted by atomic mass is 32.2. The van der Waals surface area contributed by atoms with E-state index in [0.29, 0.717) is 17.1 Å². The van der Waals surface area contributed by atoms with Crippen molar-refractivity contribution in [2.24, 2.45) is 0 Å². The minimum atomic E-state index is 0.525. The summed E-state index contributed by atoms with van der Waals surface area (Å²) in [6.07, 6.45) is 12.1. The molecule has 2 saturated carbocycles. The average Bonchev–Trinajstić information content (AvgIpc) is 3.19. The molecule has 0 aliphatic heterocycles. The van der Waals surface area contributed by atoms with Crippen molar-refractivity contribution < 1.29 is 0 Å². The summed E-state index contributed by atoms with van der Waals surface area (Å²) < 4.78 is 2.22. The van der Waals surface area contributed by atoms with Crippen molar-refractivity contribution in [1.29, 1.82) is 0 Å². The maximum absolute atomic E-state index is 6.10. The Labute approximate surface area is 128 Å². The van der Waals surface area contributed by atoms with Gasteiger partial charge in [-0.25, -0.2) is 15.0 Å². The first-order chi connectivity index (χ1) is 10.3. The molecule has 21 heavy (non-hydrogen) atoms. The van der Waals surface area contributed by atoms with Gasteiger partial charge in [-0.3, -0.25) is 0 Å². The summed E-state index contributed by atoms with van der Waals surface area (Å²) >= 11 is 1.79. The fraction of sp³-hybridized carbons (Fsp3) is 0.667. The second kappa shape index (κ2) is 5.48. The molecule has 0 saturated heterocycles. The molecule has 0 radical (unpaired) electrons. The van der Waals surface area contributed by atoms with Gasteiger partial charge in [-0.15, -0.1) is 0 Å². The van der Waals surface area contributed by atoms with Gasteiger partial charge in [-0.2, -0.15) is 0 Å². The normalized spacial score (nSPS) is 20.8. The van der Waals surface area contributed by atoms with E-state index in [1.54, 1.807) is 11.8 Å². The van der Waals surface area contributed by atoms with Crippen LogP contribution in [-0.2, 0) is 0 Å². The molecular formula is C15H21N5S. The zero-order valence-corrected chi connectivity index (χ0v) is 13.0. The second-order valence-electron chi connectivity index (χ2n) is 6.18. The Morgan fingerprint density at radius 3 is 2.52 bits per heavy atom. The van der Waals surface area contributed by atoms with Gasteiger partial charge in [0.1, 0.15) is 5.52 Å². The quantitative estimate of drug-likeness (QED) is 0.878. The van der Waals surface area contributed by atoms with E-state index < -0.39 is 0 Å². The molecule has 0 atom stereocenters. The Hall–Kier alpha value is -1.30. The number of rotatable bonds is 3. The molecule has 0 aromatic carbocycles. The number of nitrogens with zero attached hydrogens (tertiary/aromatic N) is 4. The van der Waals surface area contributed by atoms with E-state index in [2.05, 4.69) is 14.5 Å². The molecule has 2 aromatic rings. The van der Waals surface area contributed by atoms with Crippen LogP contribution in [0.15, 0.2) is 11.5 Å². The van der Waals surface area contributed by atoms with E-state index in [1.807, 2.05) is 6.33 Å². The van der Waals surface area contributed by atoms with Crippen LogP contribution in [0.5, 0.6) is 0 Å². The van der Waals surface area contributed by atoms with Gasteiger partial charge in [0.25, 0.3) is 0 Å². The fourth-order valence-electron chi connectivity index (χ4n) is 3.58. The number of thioether (sulfide) groups is 1. The van der Waals surface area contributed by atoms with Gasteiger partial charge in [-0.05, 0) is 25.7 Å². The minimum absolute atomic E-state index is 0.525. The van der Waals surface area contributed by atoms with Gasteiger partial charge in [0.05, 0.1) is 6.33 Å². The minimum Gasteiger partial charge on any atom is -0.382 e. The van der Waals surface area contributed by atoms with Crippen molar-refractivity contribution in [3.8, 4) is 0 Å². The predicted octanol–water partition coefficient (Wildman–Crippen LogP) is 3.56. The molecule has 4 rings (SSSR count). The van der Waals surface area contributed by atoms with Crippen LogP contribution >= 0.6 is 11.8 Å². The van der Waals surface area contributed by atoms with Crippen LogP contribution in [0.1, 0.15) is 57.4 Å². The molecule has 0 bridgehead atoms. The molecule has 2 aliphatic rings. The summed E-state index contributed by atoms with van der Waals surface area (Å²) in [7, 11) is 0. The molecule has 2 aromatic heterocycles. The van der Waals surface area contributed by atoms with Gasteiger partial charge in [0, 0.05) is 11.3 Å². The van der Waals surface area contributed by atoms with Crippen LogP contribution in [0.4, 0.5) is 5.82 Å². The summed E-state index contributed by atoms with van der Waals surface area (Å²) in [5, 5.41) is 1.48. The highest BCUT2D eigenvalue weighted by Gasteiger charge is 2.23.